The van der Waals surface area contributed by atoms with Gasteiger partial charge in [-0.2, -0.15) is 0 Å². The monoisotopic (exact) mass is 295 g/mol. The lowest BCUT2D eigenvalue weighted by Crippen LogP contribution is -2.37. The Morgan fingerprint density at radius 3 is 1.76 bits per heavy atom. The van der Waals surface area contributed by atoms with Gasteiger partial charge in [0, 0.05) is 6.04 Å². The summed E-state index contributed by atoms with van der Waals surface area (Å²) in [6.45, 7) is 8.08. The second-order valence-corrected chi connectivity index (χ2v) is 7.63. The Hall–Kier alpha value is -0.0400. The summed E-state index contributed by atoms with van der Waals surface area (Å²) in [6.07, 6.45) is 19.1. The van der Waals surface area contributed by atoms with Crippen molar-refractivity contribution in [1.82, 2.24) is 5.32 Å². The van der Waals surface area contributed by atoms with Gasteiger partial charge in [0.15, 0.2) is 0 Å². The minimum Gasteiger partial charge on any atom is -0.314 e. The second kappa shape index (κ2) is 12.5. The molecule has 0 radical (unpaired) electrons. The molecule has 1 saturated carbocycles. The predicted octanol–water partition coefficient (Wildman–Crippen LogP) is 6.32. The molecule has 2 atom stereocenters. The average Bonchev–Trinajstić information content (AvgIpc) is 2.43. The van der Waals surface area contributed by atoms with Crippen molar-refractivity contribution < 1.29 is 0 Å². The average molecular weight is 296 g/mol. The zero-order chi connectivity index (χ0) is 15.3. The fraction of sp³-hybridized carbons (Fsp3) is 1.00. The van der Waals surface area contributed by atoms with Gasteiger partial charge >= 0.3 is 0 Å². The maximum atomic E-state index is 3.62. The van der Waals surface area contributed by atoms with E-state index in [1.807, 2.05) is 0 Å². The van der Waals surface area contributed by atoms with E-state index in [0.29, 0.717) is 6.04 Å². The van der Waals surface area contributed by atoms with E-state index in [0.717, 1.165) is 11.8 Å². The molecule has 2 unspecified atom stereocenters. The van der Waals surface area contributed by atoms with E-state index in [1.54, 1.807) is 0 Å². The van der Waals surface area contributed by atoms with E-state index >= 15 is 0 Å². The smallest absolute Gasteiger partial charge is 0.00104 e. The van der Waals surface area contributed by atoms with Crippen LogP contribution in [-0.4, -0.2) is 12.6 Å². The number of hydrogen-bond acceptors (Lipinski definition) is 1. The molecule has 126 valence electrons. The maximum absolute atomic E-state index is 3.62. The molecule has 1 heteroatoms. The van der Waals surface area contributed by atoms with Crippen LogP contribution in [0.15, 0.2) is 0 Å². The first-order valence-electron chi connectivity index (χ1n) is 9.97. The Labute approximate surface area is 134 Å². The van der Waals surface area contributed by atoms with Crippen molar-refractivity contribution in [2.75, 3.05) is 6.54 Å². The van der Waals surface area contributed by atoms with Gasteiger partial charge in [-0.3, -0.25) is 0 Å². The zero-order valence-corrected chi connectivity index (χ0v) is 15.1. The van der Waals surface area contributed by atoms with Crippen molar-refractivity contribution >= 4 is 0 Å². The first-order chi connectivity index (χ1) is 10.2. The summed E-state index contributed by atoms with van der Waals surface area (Å²) in [6, 6.07) is 0.656. The highest BCUT2D eigenvalue weighted by atomic mass is 14.9. The van der Waals surface area contributed by atoms with Crippen LogP contribution in [0, 0.1) is 11.8 Å². The fourth-order valence-corrected chi connectivity index (χ4v) is 3.57. The third kappa shape index (κ3) is 9.55. The quantitative estimate of drug-likeness (QED) is 0.370. The highest BCUT2D eigenvalue weighted by Gasteiger charge is 2.29. The minimum absolute atomic E-state index is 0.656. The van der Waals surface area contributed by atoms with Crippen LogP contribution in [0.3, 0.4) is 0 Å². The van der Waals surface area contributed by atoms with Gasteiger partial charge in [-0.15, -0.1) is 0 Å². The van der Waals surface area contributed by atoms with Gasteiger partial charge in [0.1, 0.15) is 0 Å². The molecule has 0 spiro atoms. The molecule has 1 fully saturated rings. The molecule has 0 bridgehead atoms. The minimum atomic E-state index is 0.656. The van der Waals surface area contributed by atoms with Gasteiger partial charge in [-0.25, -0.2) is 0 Å². The molecule has 0 aliphatic heterocycles. The SMILES string of the molecule is CCCCCCCCCCCCC1CCC1CNC(C)C. The normalized spacial score (nSPS) is 21.7. The third-order valence-electron chi connectivity index (χ3n) is 5.29. The van der Waals surface area contributed by atoms with Crippen LogP contribution in [-0.2, 0) is 0 Å². The Morgan fingerprint density at radius 2 is 1.29 bits per heavy atom. The van der Waals surface area contributed by atoms with Gasteiger partial charge in [-0.1, -0.05) is 91.4 Å². The summed E-state index contributed by atoms with van der Waals surface area (Å²) in [5, 5.41) is 3.62. The lowest BCUT2D eigenvalue weighted by atomic mass is 9.71. The summed E-state index contributed by atoms with van der Waals surface area (Å²) in [5.41, 5.74) is 0. The lowest BCUT2D eigenvalue weighted by molar-refractivity contribution is 0.153. The van der Waals surface area contributed by atoms with Crippen molar-refractivity contribution in [3.63, 3.8) is 0 Å². The van der Waals surface area contributed by atoms with E-state index in [-0.39, 0.29) is 0 Å². The Kier molecular flexibility index (Phi) is 11.3. The van der Waals surface area contributed by atoms with Crippen LogP contribution in [0.5, 0.6) is 0 Å². The molecule has 21 heavy (non-hydrogen) atoms. The van der Waals surface area contributed by atoms with Crippen molar-refractivity contribution in [2.45, 2.75) is 110 Å². The number of unbranched alkanes of at least 4 members (excludes halogenated alkanes) is 9. The molecule has 0 saturated heterocycles. The van der Waals surface area contributed by atoms with Gasteiger partial charge in [0.05, 0.1) is 0 Å². The van der Waals surface area contributed by atoms with E-state index in [4.69, 9.17) is 0 Å². The maximum Gasteiger partial charge on any atom is 0.00104 e. The van der Waals surface area contributed by atoms with Crippen LogP contribution < -0.4 is 5.32 Å². The molecule has 1 rings (SSSR count). The molecule has 1 aliphatic carbocycles. The lowest BCUT2D eigenvalue weighted by Gasteiger charge is -2.37. The van der Waals surface area contributed by atoms with E-state index in [2.05, 4.69) is 26.1 Å². The van der Waals surface area contributed by atoms with E-state index in [9.17, 15) is 0 Å². The molecular formula is C20H41N. The predicted molar refractivity (Wildman–Crippen MR) is 95.8 cm³/mol. The van der Waals surface area contributed by atoms with E-state index < -0.39 is 0 Å². The largest absolute Gasteiger partial charge is 0.314 e. The van der Waals surface area contributed by atoms with Crippen LogP contribution >= 0.6 is 0 Å². The zero-order valence-electron chi connectivity index (χ0n) is 15.1. The fourth-order valence-electron chi connectivity index (χ4n) is 3.57. The summed E-state index contributed by atoms with van der Waals surface area (Å²) in [5.74, 6) is 2.04. The molecule has 0 aromatic heterocycles. The highest BCUT2D eigenvalue weighted by Crippen LogP contribution is 2.37. The number of hydrogen-bond donors (Lipinski definition) is 1. The molecule has 1 nitrogen and oxygen atoms in total. The summed E-state index contributed by atoms with van der Waals surface area (Å²) < 4.78 is 0. The van der Waals surface area contributed by atoms with Gasteiger partial charge in [0.25, 0.3) is 0 Å². The van der Waals surface area contributed by atoms with Crippen molar-refractivity contribution in [3.8, 4) is 0 Å². The molecule has 1 N–H and O–H groups in total. The second-order valence-electron chi connectivity index (χ2n) is 7.63. The Balaban J connectivity index is 1.82. The molecule has 1 aliphatic rings. The Morgan fingerprint density at radius 1 is 0.762 bits per heavy atom. The van der Waals surface area contributed by atoms with Crippen LogP contribution in [0.1, 0.15) is 104 Å². The van der Waals surface area contributed by atoms with Gasteiger partial charge < -0.3 is 5.32 Å². The molecular weight excluding hydrogens is 254 g/mol. The standard InChI is InChI=1S/C20H41N/c1-4-5-6-7-8-9-10-11-12-13-14-19-15-16-20(19)17-21-18(2)3/h18-21H,4-17H2,1-3H3. The number of rotatable bonds is 14. The first kappa shape index (κ1) is 19.0. The molecule has 0 aromatic rings. The summed E-state index contributed by atoms with van der Waals surface area (Å²) in [7, 11) is 0. The van der Waals surface area contributed by atoms with Gasteiger partial charge in [-0.05, 0) is 31.2 Å². The van der Waals surface area contributed by atoms with Crippen LogP contribution in [0.2, 0.25) is 0 Å². The first-order valence-corrected chi connectivity index (χ1v) is 9.97. The van der Waals surface area contributed by atoms with Crippen LogP contribution in [0.4, 0.5) is 0 Å². The highest BCUT2D eigenvalue weighted by molar-refractivity contribution is 4.82. The van der Waals surface area contributed by atoms with Crippen molar-refractivity contribution in [2.24, 2.45) is 11.8 Å². The van der Waals surface area contributed by atoms with Crippen molar-refractivity contribution in [3.05, 3.63) is 0 Å². The number of nitrogens with one attached hydrogen (secondary N) is 1. The topological polar surface area (TPSA) is 12.0 Å². The molecule has 0 aromatic carbocycles. The molecule has 0 heterocycles. The third-order valence-corrected chi connectivity index (χ3v) is 5.29. The Bertz CT molecular complexity index is 224. The van der Waals surface area contributed by atoms with Crippen LogP contribution in [0.25, 0.3) is 0 Å². The van der Waals surface area contributed by atoms with E-state index in [1.165, 1.54) is 90.0 Å². The van der Waals surface area contributed by atoms with Gasteiger partial charge in [0.2, 0.25) is 0 Å². The molecule has 0 amide bonds. The summed E-state index contributed by atoms with van der Waals surface area (Å²) >= 11 is 0. The van der Waals surface area contributed by atoms with Crippen molar-refractivity contribution in [1.29, 1.82) is 0 Å². The summed E-state index contributed by atoms with van der Waals surface area (Å²) in [4.78, 5) is 0.